The lowest BCUT2D eigenvalue weighted by Gasteiger charge is -2.29. The highest BCUT2D eigenvalue weighted by Crippen LogP contribution is 2.30. The zero-order valence-corrected chi connectivity index (χ0v) is 20.2. The molecule has 0 fully saturated rings. The highest BCUT2D eigenvalue weighted by molar-refractivity contribution is 6.34. The van der Waals surface area contributed by atoms with E-state index in [4.69, 9.17) is 22.1 Å². The number of hydrogen-bond donors (Lipinski definition) is 2. The number of aromatic nitrogens is 3. The molecule has 35 heavy (non-hydrogen) atoms. The van der Waals surface area contributed by atoms with Crippen LogP contribution >= 0.6 is 11.6 Å². The Labute approximate surface area is 206 Å². The van der Waals surface area contributed by atoms with E-state index in [2.05, 4.69) is 10.3 Å². The van der Waals surface area contributed by atoms with Crippen LogP contribution in [0.3, 0.4) is 0 Å². The van der Waals surface area contributed by atoms with Gasteiger partial charge in [-0.1, -0.05) is 35.9 Å². The molecule has 0 spiro atoms. The lowest BCUT2D eigenvalue weighted by Crippen LogP contribution is -2.46. The first-order chi connectivity index (χ1) is 16.6. The molecule has 3 aromatic rings. The molecule has 1 aromatic carbocycles. The standard InChI is InChI=1S/C25H24ClN5O4/c1-15-19(24(34)31(30(15)3)16-7-5-4-6-8-16)23(33)29-25(2)12-9-17(10-13-25)35-18-11-14-28-21(20(18)26)22(27)32/h4-12,14H,13H2,1-3H3,(H2,27,32)(H,29,33). The maximum absolute atomic E-state index is 13.2. The van der Waals surface area contributed by atoms with E-state index < -0.39 is 22.9 Å². The minimum atomic E-state index is -0.758. The molecule has 0 saturated carbocycles. The molecule has 1 atom stereocenters. The number of nitrogens with one attached hydrogen (secondary N) is 1. The van der Waals surface area contributed by atoms with Gasteiger partial charge in [0.1, 0.15) is 27.8 Å². The number of halogens is 1. The minimum Gasteiger partial charge on any atom is -0.456 e. The number of para-hydroxylation sites is 1. The number of carbonyl (C=O) groups is 2. The number of carbonyl (C=O) groups excluding carboxylic acids is 2. The summed E-state index contributed by atoms with van der Waals surface area (Å²) in [4.78, 5) is 41.6. The van der Waals surface area contributed by atoms with Crippen molar-refractivity contribution < 1.29 is 14.3 Å². The molecular weight excluding hydrogens is 470 g/mol. The van der Waals surface area contributed by atoms with Crippen molar-refractivity contribution in [3.63, 3.8) is 0 Å². The molecule has 9 nitrogen and oxygen atoms in total. The number of amides is 2. The highest BCUT2D eigenvalue weighted by Gasteiger charge is 2.30. The van der Waals surface area contributed by atoms with Gasteiger partial charge in [0.15, 0.2) is 0 Å². The van der Waals surface area contributed by atoms with Crippen molar-refractivity contribution in [3.05, 3.63) is 98.9 Å². The molecule has 0 aliphatic heterocycles. The highest BCUT2D eigenvalue weighted by atomic mass is 35.5. The molecule has 10 heteroatoms. The smallest absolute Gasteiger partial charge is 0.284 e. The monoisotopic (exact) mass is 493 g/mol. The van der Waals surface area contributed by atoms with Crippen molar-refractivity contribution in [1.82, 2.24) is 19.7 Å². The fraction of sp³-hybridized carbons (Fsp3) is 0.200. The molecule has 4 rings (SSSR count). The summed E-state index contributed by atoms with van der Waals surface area (Å²) in [6.07, 6.45) is 7.02. The summed E-state index contributed by atoms with van der Waals surface area (Å²) in [5, 5.41) is 2.97. The van der Waals surface area contributed by atoms with Crippen LogP contribution in [0, 0.1) is 6.92 Å². The maximum Gasteiger partial charge on any atom is 0.284 e. The summed E-state index contributed by atoms with van der Waals surface area (Å²) in [5.41, 5.74) is 5.35. The Kier molecular flexibility index (Phi) is 6.36. The van der Waals surface area contributed by atoms with Crippen LogP contribution in [0.4, 0.5) is 0 Å². The van der Waals surface area contributed by atoms with Gasteiger partial charge in [-0.15, -0.1) is 0 Å². The Bertz CT molecular complexity index is 1440. The number of benzene rings is 1. The van der Waals surface area contributed by atoms with Gasteiger partial charge in [0.05, 0.1) is 16.9 Å². The van der Waals surface area contributed by atoms with Crippen LogP contribution in [-0.2, 0) is 7.05 Å². The van der Waals surface area contributed by atoms with E-state index in [-0.39, 0.29) is 22.0 Å². The maximum atomic E-state index is 13.2. The Hall–Kier alpha value is -4.11. The third kappa shape index (κ3) is 4.63. The van der Waals surface area contributed by atoms with Crippen molar-refractivity contribution >= 4 is 23.4 Å². The zero-order valence-electron chi connectivity index (χ0n) is 19.4. The number of allylic oxidation sites excluding steroid dienone is 1. The fourth-order valence-electron chi connectivity index (χ4n) is 3.84. The van der Waals surface area contributed by atoms with Gasteiger partial charge < -0.3 is 15.8 Å². The molecule has 1 unspecified atom stereocenters. The molecule has 2 aromatic heterocycles. The van der Waals surface area contributed by atoms with E-state index in [0.717, 1.165) is 0 Å². The molecule has 3 N–H and O–H groups in total. The number of rotatable bonds is 6. The molecule has 2 amide bonds. The Morgan fingerprint density at radius 3 is 2.57 bits per heavy atom. The van der Waals surface area contributed by atoms with E-state index in [0.29, 0.717) is 23.6 Å². The lowest BCUT2D eigenvalue weighted by molar-refractivity contribution is 0.0919. The van der Waals surface area contributed by atoms with Crippen LogP contribution in [0.2, 0.25) is 5.02 Å². The van der Waals surface area contributed by atoms with Gasteiger partial charge in [0.2, 0.25) is 0 Å². The van der Waals surface area contributed by atoms with Crippen molar-refractivity contribution in [2.45, 2.75) is 25.8 Å². The third-order valence-corrected chi connectivity index (χ3v) is 6.20. The van der Waals surface area contributed by atoms with Gasteiger partial charge >= 0.3 is 0 Å². The van der Waals surface area contributed by atoms with Crippen molar-refractivity contribution in [1.29, 1.82) is 0 Å². The molecule has 0 bridgehead atoms. The summed E-state index contributed by atoms with van der Waals surface area (Å²) < 4.78 is 8.92. The molecule has 180 valence electrons. The lowest BCUT2D eigenvalue weighted by atomic mass is 9.92. The number of pyridine rings is 1. The second-order valence-electron chi connectivity index (χ2n) is 8.39. The van der Waals surface area contributed by atoms with E-state index in [1.807, 2.05) is 37.3 Å². The van der Waals surface area contributed by atoms with Gasteiger partial charge in [-0.3, -0.25) is 19.1 Å². The van der Waals surface area contributed by atoms with Crippen LogP contribution in [0.15, 0.2) is 71.4 Å². The van der Waals surface area contributed by atoms with Crippen molar-refractivity contribution in [3.8, 4) is 11.4 Å². The van der Waals surface area contributed by atoms with E-state index in [1.54, 1.807) is 36.9 Å². The summed E-state index contributed by atoms with van der Waals surface area (Å²) in [6.45, 7) is 3.58. The van der Waals surface area contributed by atoms with Gasteiger partial charge in [0.25, 0.3) is 17.4 Å². The largest absolute Gasteiger partial charge is 0.456 e. The Morgan fingerprint density at radius 1 is 1.23 bits per heavy atom. The first-order valence-corrected chi connectivity index (χ1v) is 11.2. The molecule has 0 saturated heterocycles. The predicted molar refractivity (Wildman–Crippen MR) is 132 cm³/mol. The number of nitrogens with zero attached hydrogens (tertiary/aromatic N) is 3. The summed E-state index contributed by atoms with van der Waals surface area (Å²) in [6, 6.07) is 10.7. The predicted octanol–water partition coefficient (Wildman–Crippen LogP) is 3.04. The molecule has 2 heterocycles. The molecule has 0 radical (unpaired) electrons. The minimum absolute atomic E-state index is 0.0187. The van der Waals surface area contributed by atoms with Crippen LogP contribution < -0.4 is 21.3 Å². The van der Waals surface area contributed by atoms with Gasteiger partial charge in [-0.2, -0.15) is 0 Å². The van der Waals surface area contributed by atoms with Gasteiger partial charge in [-0.25, -0.2) is 9.67 Å². The number of nitrogens with two attached hydrogens (primary N) is 1. The number of hydrogen-bond acceptors (Lipinski definition) is 5. The SMILES string of the molecule is Cc1c(C(=O)NC2(C)C=CC(Oc3ccnc(C(N)=O)c3Cl)=CC2)c(=O)n(-c2ccccc2)n1C. The average molecular weight is 494 g/mol. The van der Waals surface area contributed by atoms with E-state index in [9.17, 15) is 14.4 Å². The van der Waals surface area contributed by atoms with Crippen LogP contribution in [-0.4, -0.2) is 31.7 Å². The van der Waals surface area contributed by atoms with Gasteiger partial charge in [-0.05, 0) is 44.6 Å². The normalized spacial score (nSPS) is 17.1. The fourth-order valence-corrected chi connectivity index (χ4v) is 4.08. The average Bonchev–Trinajstić information content (AvgIpc) is 3.05. The quantitative estimate of drug-likeness (QED) is 0.546. The summed E-state index contributed by atoms with van der Waals surface area (Å²) in [5.74, 6) is -0.514. The van der Waals surface area contributed by atoms with Crippen LogP contribution in [0.5, 0.6) is 5.75 Å². The van der Waals surface area contributed by atoms with E-state index in [1.165, 1.54) is 16.9 Å². The van der Waals surface area contributed by atoms with Crippen molar-refractivity contribution in [2.75, 3.05) is 0 Å². The Morgan fingerprint density at radius 2 is 1.94 bits per heavy atom. The van der Waals surface area contributed by atoms with Crippen LogP contribution in [0.1, 0.15) is 39.9 Å². The van der Waals surface area contributed by atoms with Gasteiger partial charge in [0, 0.05) is 19.3 Å². The van der Waals surface area contributed by atoms with Crippen molar-refractivity contribution in [2.24, 2.45) is 12.8 Å². The second kappa shape index (κ2) is 9.27. The number of ether oxygens (including phenoxy) is 1. The zero-order chi connectivity index (χ0) is 25.3. The first kappa shape index (κ1) is 24.0. The third-order valence-electron chi connectivity index (χ3n) is 5.84. The topological polar surface area (TPSA) is 121 Å². The molecule has 1 aliphatic rings. The summed E-state index contributed by atoms with van der Waals surface area (Å²) in [7, 11) is 1.74. The molecular formula is C25H24ClN5O4. The summed E-state index contributed by atoms with van der Waals surface area (Å²) >= 11 is 6.17. The Balaban J connectivity index is 1.52. The molecule has 1 aliphatic carbocycles. The first-order valence-electron chi connectivity index (χ1n) is 10.8. The van der Waals surface area contributed by atoms with E-state index >= 15 is 0 Å². The number of primary amides is 1. The second-order valence-corrected chi connectivity index (χ2v) is 8.77. The van der Waals surface area contributed by atoms with Crippen LogP contribution in [0.25, 0.3) is 5.69 Å².